The van der Waals surface area contributed by atoms with Crippen LogP contribution in [0.2, 0.25) is 0 Å². The fraction of sp³-hybridized carbons (Fsp3) is 0.462. The average Bonchev–Trinajstić information content (AvgIpc) is 2.32. The van der Waals surface area contributed by atoms with E-state index in [0.29, 0.717) is 5.92 Å². The van der Waals surface area contributed by atoms with E-state index in [4.69, 9.17) is 15.6 Å². The summed E-state index contributed by atoms with van der Waals surface area (Å²) < 4.78 is 4.17. The third-order valence-corrected chi connectivity index (χ3v) is 1.80. The van der Waals surface area contributed by atoms with Crippen LogP contribution >= 0.6 is 0 Å². The Balaban J connectivity index is 0. The Kier molecular flexibility index (Phi) is 12.4. The first-order valence-corrected chi connectivity index (χ1v) is 5.58. The van der Waals surface area contributed by atoms with E-state index in [1.54, 1.807) is 13.8 Å². The van der Waals surface area contributed by atoms with Gasteiger partial charge >= 0.3 is 6.16 Å². The maximum Gasteiger partial charge on any atom is 0.506 e. The molecule has 5 heteroatoms. The van der Waals surface area contributed by atoms with E-state index in [1.165, 1.54) is 5.56 Å². The molecule has 0 fully saturated rings. The van der Waals surface area contributed by atoms with Gasteiger partial charge in [-0.15, -0.1) is 0 Å². The van der Waals surface area contributed by atoms with Crippen LogP contribution in [0.3, 0.4) is 0 Å². The molecule has 0 amide bonds. The molecule has 104 valence electrons. The zero-order valence-electron chi connectivity index (χ0n) is 11.2. The number of carbonyl (C=O) groups is 1. The van der Waals surface area contributed by atoms with Crippen LogP contribution in [-0.2, 0) is 4.74 Å². The third-order valence-electron chi connectivity index (χ3n) is 1.80. The van der Waals surface area contributed by atoms with Gasteiger partial charge in [0.25, 0.3) is 0 Å². The molecule has 1 rings (SSSR count). The molecule has 18 heavy (non-hydrogen) atoms. The van der Waals surface area contributed by atoms with Gasteiger partial charge in [-0.1, -0.05) is 44.2 Å². The van der Waals surface area contributed by atoms with Crippen molar-refractivity contribution in [3.8, 4) is 0 Å². The van der Waals surface area contributed by atoms with Gasteiger partial charge in [0.15, 0.2) is 0 Å². The van der Waals surface area contributed by atoms with E-state index in [1.807, 2.05) is 6.07 Å². The lowest BCUT2D eigenvalue weighted by Gasteiger charge is -2.01. The van der Waals surface area contributed by atoms with E-state index < -0.39 is 6.16 Å². The van der Waals surface area contributed by atoms with Gasteiger partial charge in [-0.25, -0.2) is 4.79 Å². The summed E-state index contributed by atoms with van der Waals surface area (Å²) in [5.41, 5.74) is 1.41. The van der Waals surface area contributed by atoms with Crippen molar-refractivity contribution in [1.82, 2.24) is 0 Å². The molecule has 3 N–H and O–H groups in total. The van der Waals surface area contributed by atoms with Crippen molar-refractivity contribution in [3.05, 3.63) is 35.9 Å². The van der Waals surface area contributed by atoms with Crippen LogP contribution in [0.1, 0.15) is 39.2 Å². The first-order valence-electron chi connectivity index (χ1n) is 5.58. The molecule has 0 atom stereocenters. The summed E-state index contributed by atoms with van der Waals surface area (Å²) in [6, 6.07) is 10.5. The zero-order chi connectivity index (χ0) is 14.6. The van der Waals surface area contributed by atoms with Crippen molar-refractivity contribution in [3.63, 3.8) is 0 Å². The predicted molar refractivity (Wildman–Crippen MR) is 70.0 cm³/mol. The second-order valence-electron chi connectivity index (χ2n) is 4.00. The lowest BCUT2D eigenvalue weighted by atomic mass is 10.0. The van der Waals surface area contributed by atoms with Gasteiger partial charge in [0, 0.05) is 0 Å². The molecule has 0 saturated carbocycles. The number of hydrogen-bond acceptors (Lipinski definition) is 4. The fourth-order valence-electron chi connectivity index (χ4n) is 1.04. The highest BCUT2D eigenvalue weighted by Gasteiger charge is 1.97. The fourth-order valence-corrected chi connectivity index (χ4v) is 1.04. The SMILES string of the molecule is CC(C)OC(=O)O.CC(C)c1ccccc1.OO. The Labute approximate surface area is 108 Å². The average molecular weight is 258 g/mol. The highest BCUT2D eigenvalue weighted by molar-refractivity contribution is 5.56. The Morgan fingerprint density at radius 1 is 1.06 bits per heavy atom. The normalized spacial score (nSPS) is 8.89. The van der Waals surface area contributed by atoms with Gasteiger partial charge in [-0.3, -0.25) is 10.5 Å². The monoisotopic (exact) mass is 258 g/mol. The summed E-state index contributed by atoms with van der Waals surface area (Å²) in [7, 11) is 0. The molecule has 0 bridgehead atoms. The van der Waals surface area contributed by atoms with Gasteiger partial charge in [0.2, 0.25) is 0 Å². The molecule has 0 radical (unpaired) electrons. The number of carboxylic acid groups (broad SMARTS) is 1. The lowest BCUT2D eigenvalue weighted by molar-refractivity contribution is -0.176. The number of benzene rings is 1. The van der Waals surface area contributed by atoms with Gasteiger partial charge in [0.1, 0.15) is 0 Å². The summed E-state index contributed by atoms with van der Waals surface area (Å²) >= 11 is 0. The van der Waals surface area contributed by atoms with Gasteiger partial charge < -0.3 is 9.84 Å². The summed E-state index contributed by atoms with van der Waals surface area (Å²) in [5.74, 6) is 0.659. The number of ether oxygens (including phenoxy) is 1. The quantitative estimate of drug-likeness (QED) is 0.425. The van der Waals surface area contributed by atoms with E-state index >= 15 is 0 Å². The molecule has 0 aliphatic rings. The van der Waals surface area contributed by atoms with Crippen LogP contribution in [0.25, 0.3) is 0 Å². The van der Waals surface area contributed by atoms with Crippen molar-refractivity contribution in [2.45, 2.75) is 39.7 Å². The molecular weight excluding hydrogens is 236 g/mol. The minimum absolute atomic E-state index is 0.225. The van der Waals surface area contributed by atoms with Crippen molar-refractivity contribution in [2.24, 2.45) is 0 Å². The number of hydrogen-bond donors (Lipinski definition) is 3. The van der Waals surface area contributed by atoms with Crippen molar-refractivity contribution in [2.75, 3.05) is 0 Å². The molecule has 0 aliphatic heterocycles. The van der Waals surface area contributed by atoms with E-state index in [9.17, 15) is 4.79 Å². The smallest absolute Gasteiger partial charge is 0.450 e. The predicted octanol–water partition coefficient (Wildman–Crippen LogP) is 3.92. The summed E-state index contributed by atoms with van der Waals surface area (Å²) in [6.07, 6.45) is -1.44. The molecule has 0 unspecified atom stereocenters. The number of rotatable bonds is 2. The largest absolute Gasteiger partial charge is 0.506 e. The molecular formula is C13H22O5. The maximum absolute atomic E-state index is 9.59. The first kappa shape index (κ1) is 18.8. The Bertz CT molecular complexity index is 296. The van der Waals surface area contributed by atoms with Crippen LogP contribution < -0.4 is 0 Å². The highest BCUT2D eigenvalue weighted by atomic mass is 17.0. The third kappa shape index (κ3) is 12.5. The van der Waals surface area contributed by atoms with Crippen LogP contribution in [0.15, 0.2) is 30.3 Å². The molecule has 0 saturated heterocycles. The van der Waals surface area contributed by atoms with Crippen LogP contribution in [0.5, 0.6) is 0 Å². The van der Waals surface area contributed by atoms with Crippen LogP contribution in [0, 0.1) is 0 Å². The molecule has 5 nitrogen and oxygen atoms in total. The molecule has 0 aliphatic carbocycles. The highest BCUT2D eigenvalue weighted by Crippen LogP contribution is 2.11. The Morgan fingerprint density at radius 2 is 1.50 bits per heavy atom. The zero-order valence-corrected chi connectivity index (χ0v) is 11.2. The maximum atomic E-state index is 9.59. The van der Waals surface area contributed by atoms with E-state index in [-0.39, 0.29) is 6.10 Å². The summed E-state index contributed by atoms with van der Waals surface area (Å²) in [6.45, 7) is 7.73. The van der Waals surface area contributed by atoms with Crippen LogP contribution in [0.4, 0.5) is 4.79 Å². The molecule has 0 spiro atoms. The minimum Gasteiger partial charge on any atom is -0.450 e. The Morgan fingerprint density at radius 3 is 1.67 bits per heavy atom. The topological polar surface area (TPSA) is 87.0 Å². The molecule has 1 aromatic rings. The van der Waals surface area contributed by atoms with Crippen molar-refractivity contribution in [1.29, 1.82) is 0 Å². The minimum atomic E-state index is -1.21. The van der Waals surface area contributed by atoms with Gasteiger partial charge in [-0.05, 0) is 25.3 Å². The second kappa shape index (κ2) is 11.9. The second-order valence-corrected chi connectivity index (χ2v) is 4.00. The van der Waals surface area contributed by atoms with Gasteiger partial charge in [-0.2, -0.15) is 0 Å². The van der Waals surface area contributed by atoms with Crippen LogP contribution in [-0.4, -0.2) is 27.9 Å². The van der Waals surface area contributed by atoms with E-state index in [0.717, 1.165) is 0 Å². The molecule has 1 aromatic carbocycles. The van der Waals surface area contributed by atoms with E-state index in [2.05, 4.69) is 42.8 Å². The lowest BCUT2D eigenvalue weighted by Crippen LogP contribution is -2.07. The standard InChI is InChI=1S/C9H12.C4H8O3.H2O2/c1-8(2)9-6-4-3-5-7-9;1-3(2)7-4(5)6;1-2/h3-8H,1-2H3;3H,1-2H3,(H,5,6);1-2H. The summed E-state index contributed by atoms with van der Waals surface area (Å²) in [4.78, 5) is 9.59. The first-order chi connectivity index (χ1) is 8.43. The van der Waals surface area contributed by atoms with Crippen molar-refractivity contribution < 1.29 is 25.2 Å². The van der Waals surface area contributed by atoms with Gasteiger partial charge in [0.05, 0.1) is 6.10 Å². The Hall–Kier alpha value is -1.59. The molecule has 0 heterocycles. The van der Waals surface area contributed by atoms with Crippen molar-refractivity contribution >= 4 is 6.16 Å². The molecule has 0 aromatic heterocycles. The summed E-state index contributed by atoms with van der Waals surface area (Å²) in [5, 5.41) is 19.9.